The van der Waals surface area contributed by atoms with E-state index in [1.807, 2.05) is 24.3 Å². The van der Waals surface area contributed by atoms with E-state index < -0.39 is 9.84 Å². The molecule has 0 fully saturated rings. The molecule has 1 aliphatic carbocycles. The van der Waals surface area contributed by atoms with E-state index in [-0.39, 0.29) is 11.0 Å². The van der Waals surface area contributed by atoms with Crippen molar-refractivity contribution in [1.29, 1.82) is 0 Å². The van der Waals surface area contributed by atoms with E-state index in [0.717, 1.165) is 30.6 Å². The third-order valence-corrected chi connectivity index (χ3v) is 5.25. The van der Waals surface area contributed by atoms with Gasteiger partial charge < -0.3 is 4.74 Å². The first-order valence-corrected chi connectivity index (χ1v) is 7.84. The summed E-state index contributed by atoms with van der Waals surface area (Å²) in [6.07, 6.45) is 6.51. The normalized spacial score (nSPS) is 19.7. The summed E-state index contributed by atoms with van der Waals surface area (Å²) in [5.74, 6) is 0.847. The van der Waals surface area contributed by atoms with E-state index in [4.69, 9.17) is 4.74 Å². The Labute approximate surface area is 108 Å². The van der Waals surface area contributed by atoms with Crippen molar-refractivity contribution in [3.63, 3.8) is 0 Å². The lowest BCUT2D eigenvalue weighted by molar-refractivity contribution is 0.414. The summed E-state index contributed by atoms with van der Waals surface area (Å²) in [5, 5.41) is -0.312. The molecule has 0 saturated heterocycles. The highest BCUT2D eigenvalue weighted by Gasteiger charge is 2.24. The standard InChI is InChI=1S/C14H18O3S/c1-17-13-9-7-12(8-10-13)11-18(15,16)14-5-3-2-4-6-14/h3,5,7-10,14H,2,4,6,11H2,1H3. The summed E-state index contributed by atoms with van der Waals surface area (Å²) in [7, 11) is -1.49. The Morgan fingerprint density at radius 1 is 1.28 bits per heavy atom. The van der Waals surface area contributed by atoms with E-state index in [0.29, 0.717) is 0 Å². The average molecular weight is 266 g/mol. The monoisotopic (exact) mass is 266 g/mol. The number of benzene rings is 1. The van der Waals surface area contributed by atoms with E-state index in [2.05, 4.69) is 0 Å². The topological polar surface area (TPSA) is 43.4 Å². The molecule has 0 saturated carbocycles. The zero-order valence-corrected chi connectivity index (χ0v) is 11.3. The maximum atomic E-state index is 12.2. The second-order valence-corrected chi connectivity index (χ2v) is 6.77. The van der Waals surface area contributed by atoms with Gasteiger partial charge in [-0.25, -0.2) is 8.42 Å². The van der Waals surface area contributed by atoms with Crippen molar-refractivity contribution >= 4 is 9.84 Å². The van der Waals surface area contributed by atoms with Gasteiger partial charge in [0.05, 0.1) is 18.1 Å². The number of sulfone groups is 1. The highest BCUT2D eigenvalue weighted by Crippen LogP contribution is 2.22. The number of allylic oxidation sites excluding steroid dienone is 1. The van der Waals surface area contributed by atoms with Crippen LogP contribution < -0.4 is 4.74 Å². The highest BCUT2D eigenvalue weighted by atomic mass is 32.2. The zero-order chi connectivity index (χ0) is 13.0. The van der Waals surface area contributed by atoms with Crippen molar-refractivity contribution in [2.75, 3.05) is 7.11 Å². The van der Waals surface area contributed by atoms with Crippen LogP contribution in [0, 0.1) is 0 Å². The minimum Gasteiger partial charge on any atom is -0.497 e. The Balaban J connectivity index is 2.11. The molecule has 1 aromatic carbocycles. The number of rotatable bonds is 4. The molecule has 0 heterocycles. The van der Waals surface area contributed by atoms with E-state index in [1.54, 1.807) is 19.2 Å². The van der Waals surface area contributed by atoms with E-state index in [9.17, 15) is 8.42 Å². The largest absolute Gasteiger partial charge is 0.497 e. The predicted molar refractivity (Wildman–Crippen MR) is 72.4 cm³/mol. The van der Waals surface area contributed by atoms with Gasteiger partial charge in [0.25, 0.3) is 0 Å². The van der Waals surface area contributed by atoms with Gasteiger partial charge in [-0.1, -0.05) is 24.3 Å². The van der Waals surface area contributed by atoms with Crippen LogP contribution in [0.15, 0.2) is 36.4 Å². The fourth-order valence-electron chi connectivity index (χ4n) is 2.14. The van der Waals surface area contributed by atoms with Crippen LogP contribution in [0.25, 0.3) is 0 Å². The molecular weight excluding hydrogens is 248 g/mol. The van der Waals surface area contributed by atoms with Crippen LogP contribution in [-0.2, 0) is 15.6 Å². The van der Waals surface area contributed by atoms with E-state index in [1.165, 1.54) is 0 Å². The van der Waals surface area contributed by atoms with Crippen LogP contribution in [0.4, 0.5) is 0 Å². The van der Waals surface area contributed by atoms with Crippen LogP contribution in [0.3, 0.4) is 0 Å². The van der Waals surface area contributed by atoms with Crippen molar-refractivity contribution in [2.24, 2.45) is 0 Å². The third-order valence-electron chi connectivity index (χ3n) is 3.20. The summed E-state index contributed by atoms with van der Waals surface area (Å²) < 4.78 is 29.5. The molecular formula is C14H18O3S. The summed E-state index contributed by atoms with van der Waals surface area (Å²) in [6, 6.07) is 7.20. The Bertz CT molecular complexity index is 514. The zero-order valence-electron chi connectivity index (χ0n) is 10.5. The summed E-state index contributed by atoms with van der Waals surface area (Å²) in [6.45, 7) is 0. The molecule has 98 valence electrons. The van der Waals surface area contributed by atoms with Gasteiger partial charge in [-0.2, -0.15) is 0 Å². The van der Waals surface area contributed by atoms with Crippen LogP contribution in [-0.4, -0.2) is 20.8 Å². The maximum absolute atomic E-state index is 12.2. The molecule has 3 nitrogen and oxygen atoms in total. The Hall–Kier alpha value is -1.29. The molecule has 0 aliphatic heterocycles. The molecule has 2 rings (SSSR count). The van der Waals surface area contributed by atoms with Crippen molar-refractivity contribution < 1.29 is 13.2 Å². The van der Waals surface area contributed by atoms with Crippen LogP contribution in [0.5, 0.6) is 5.75 Å². The van der Waals surface area contributed by atoms with Crippen LogP contribution in [0.1, 0.15) is 24.8 Å². The molecule has 1 unspecified atom stereocenters. The van der Waals surface area contributed by atoms with Crippen molar-refractivity contribution in [3.8, 4) is 5.75 Å². The lowest BCUT2D eigenvalue weighted by Crippen LogP contribution is -2.22. The molecule has 0 N–H and O–H groups in total. The predicted octanol–water partition coefficient (Wildman–Crippen LogP) is 2.72. The Morgan fingerprint density at radius 2 is 2.00 bits per heavy atom. The molecule has 0 bridgehead atoms. The first-order chi connectivity index (χ1) is 8.62. The minimum absolute atomic E-state index is 0.103. The van der Waals surface area contributed by atoms with Gasteiger partial charge in [-0.3, -0.25) is 0 Å². The van der Waals surface area contributed by atoms with Crippen molar-refractivity contribution in [1.82, 2.24) is 0 Å². The van der Waals surface area contributed by atoms with Gasteiger partial charge in [0.15, 0.2) is 9.84 Å². The number of ether oxygens (including phenoxy) is 1. The Kier molecular flexibility index (Phi) is 4.07. The van der Waals surface area contributed by atoms with Gasteiger partial charge >= 0.3 is 0 Å². The molecule has 0 spiro atoms. The smallest absolute Gasteiger partial charge is 0.160 e. The Morgan fingerprint density at radius 3 is 2.56 bits per heavy atom. The minimum atomic E-state index is -3.08. The van der Waals surface area contributed by atoms with Crippen LogP contribution in [0.2, 0.25) is 0 Å². The molecule has 0 amide bonds. The summed E-state index contributed by atoms with van der Waals surface area (Å²) >= 11 is 0. The third kappa shape index (κ3) is 3.13. The molecule has 1 aromatic rings. The molecule has 18 heavy (non-hydrogen) atoms. The van der Waals surface area contributed by atoms with Gasteiger partial charge in [-0.05, 0) is 37.0 Å². The fourth-order valence-corrected chi connectivity index (χ4v) is 3.89. The number of methoxy groups -OCH3 is 1. The molecule has 0 radical (unpaired) electrons. The lowest BCUT2D eigenvalue weighted by Gasteiger charge is -2.17. The first kappa shape index (κ1) is 13.1. The highest BCUT2D eigenvalue weighted by molar-refractivity contribution is 7.91. The van der Waals surface area contributed by atoms with Gasteiger partial charge in [0.1, 0.15) is 5.75 Å². The van der Waals surface area contributed by atoms with Crippen molar-refractivity contribution in [2.45, 2.75) is 30.3 Å². The molecule has 0 aromatic heterocycles. The van der Waals surface area contributed by atoms with Gasteiger partial charge in [-0.15, -0.1) is 0 Å². The molecule has 4 heteroatoms. The van der Waals surface area contributed by atoms with Crippen molar-refractivity contribution in [3.05, 3.63) is 42.0 Å². The molecule has 1 aliphatic rings. The summed E-state index contributed by atoms with van der Waals surface area (Å²) in [5.41, 5.74) is 0.815. The second-order valence-electron chi connectivity index (χ2n) is 4.55. The first-order valence-electron chi connectivity index (χ1n) is 6.13. The second kappa shape index (κ2) is 5.57. The SMILES string of the molecule is COc1ccc(CS(=O)(=O)C2C=CCCC2)cc1. The van der Waals surface area contributed by atoms with Gasteiger partial charge in [0, 0.05) is 0 Å². The summed E-state index contributed by atoms with van der Waals surface area (Å²) in [4.78, 5) is 0. The van der Waals surface area contributed by atoms with Crippen LogP contribution >= 0.6 is 0 Å². The quantitative estimate of drug-likeness (QED) is 0.787. The van der Waals surface area contributed by atoms with Gasteiger partial charge in [0.2, 0.25) is 0 Å². The number of hydrogen-bond acceptors (Lipinski definition) is 3. The van der Waals surface area contributed by atoms with E-state index >= 15 is 0 Å². The lowest BCUT2D eigenvalue weighted by atomic mass is 10.1. The average Bonchev–Trinajstić information content (AvgIpc) is 2.40. The number of hydrogen-bond donors (Lipinski definition) is 0. The maximum Gasteiger partial charge on any atom is 0.160 e. The molecule has 1 atom stereocenters. The fraction of sp³-hybridized carbons (Fsp3) is 0.429.